The van der Waals surface area contributed by atoms with Crippen LogP contribution in [0.3, 0.4) is 0 Å². The Balaban J connectivity index is 2.11. The average Bonchev–Trinajstić information content (AvgIpc) is 3.04. The highest BCUT2D eigenvalue weighted by Gasteiger charge is 2.18. The lowest BCUT2D eigenvalue weighted by atomic mass is 10.1. The molecule has 1 amide bonds. The van der Waals surface area contributed by atoms with Crippen LogP contribution in [-0.2, 0) is 9.53 Å². The van der Waals surface area contributed by atoms with Gasteiger partial charge in [0, 0.05) is 19.2 Å². The number of carbonyl (C=O) groups excluding carboxylic acids is 1. The molecule has 0 radical (unpaired) electrons. The Labute approximate surface area is 141 Å². The Bertz CT molecular complexity index is 690. The second-order valence-electron chi connectivity index (χ2n) is 4.98. The minimum atomic E-state index is -0.537. The summed E-state index contributed by atoms with van der Waals surface area (Å²) < 4.78 is 5.73. The van der Waals surface area contributed by atoms with Gasteiger partial charge in [-0.05, 0) is 46.5 Å². The monoisotopic (exact) mass is 379 g/mol. The first-order chi connectivity index (χ1) is 11.0. The molecule has 0 aromatic heterocycles. The molecule has 2 rings (SSSR count). The summed E-state index contributed by atoms with van der Waals surface area (Å²) in [5.41, 5.74) is 0.166. The fourth-order valence-corrected chi connectivity index (χ4v) is 2.57. The lowest BCUT2D eigenvalue weighted by molar-refractivity contribution is -0.385. The summed E-state index contributed by atoms with van der Waals surface area (Å²) >= 11 is 3.09. The van der Waals surface area contributed by atoms with E-state index in [0.717, 1.165) is 12.8 Å². The van der Waals surface area contributed by atoms with E-state index in [2.05, 4.69) is 21.2 Å². The highest BCUT2D eigenvalue weighted by Crippen LogP contribution is 2.26. The van der Waals surface area contributed by atoms with Gasteiger partial charge in [-0.2, -0.15) is 5.26 Å². The maximum absolute atomic E-state index is 12.0. The van der Waals surface area contributed by atoms with Crippen molar-refractivity contribution >= 4 is 33.6 Å². The summed E-state index contributed by atoms with van der Waals surface area (Å²) in [5.74, 6) is -0.520. The number of amides is 1. The van der Waals surface area contributed by atoms with Gasteiger partial charge in [-0.3, -0.25) is 14.9 Å². The van der Waals surface area contributed by atoms with Gasteiger partial charge in [-0.25, -0.2) is 0 Å². The molecule has 0 saturated carbocycles. The van der Waals surface area contributed by atoms with Crippen LogP contribution in [-0.4, -0.2) is 30.1 Å². The number of nitrogens with one attached hydrogen (secondary N) is 1. The molecule has 1 aromatic rings. The van der Waals surface area contributed by atoms with Gasteiger partial charge in [0.25, 0.3) is 11.6 Å². The van der Waals surface area contributed by atoms with Gasteiger partial charge in [-0.1, -0.05) is 6.07 Å². The van der Waals surface area contributed by atoms with E-state index in [-0.39, 0.29) is 17.4 Å². The molecule has 0 bridgehead atoms. The number of hydrogen-bond acceptors (Lipinski definition) is 5. The third-order valence-corrected chi connectivity index (χ3v) is 4.03. The number of halogens is 1. The lowest BCUT2D eigenvalue weighted by Crippen LogP contribution is -2.32. The second-order valence-corrected chi connectivity index (χ2v) is 5.84. The molecule has 0 unspecified atom stereocenters. The largest absolute Gasteiger partial charge is 0.376 e. The molecule has 0 spiro atoms. The van der Waals surface area contributed by atoms with Crippen LogP contribution in [0.15, 0.2) is 28.2 Å². The van der Waals surface area contributed by atoms with E-state index in [1.54, 1.807) is 6.07 Å². The number of nitriles is 1. The number of rotatable bonds is 5. The van der Waals surface area contributed by atoms with Crippen molar-refractivity contribution in [3.8, 4) is 6.07 Å². The van der Waals surface area contributed by atoms with Gasteiger partial charge in [0.15, 0.2) is 0 Å². The predicted molar refractivity (Wildman–Crippen MR) is 86.4 cm³/mol. The third-order valence-electron chi connectivity index (χ3n) is 3.36. The Morgan fingerprint density at radius 2 is 2.39 bits per heavy atom. The van der Waals surface area contributed by atoms with Crippen molar-refractivity contribution in [3.63, 3.8) is 0 Å². The van der Waals surface area contributed by atoms with Gasteiger partial charge in [-0.15, -0.1) is 0 Å². The number of nitrogens with zero attached hydrogens (tertiary/aromatic N) is 2. The quantitative estimate of drug-likeness (QED) is 0.366. The zero-order chi connectivity index (χ0) is 16.8. The molecule has 8 heteroatoms. The Kier molecular flexibility index (Phi) is 5.84. The normalized spacial score (nSPS) is 17.6. The molecular formula is C15H14BrN3O4. The first-order valence-electron chi connectivity index (χ1n) is 6.97. The van der Waals surface area contributed by atoms with E-state index in [4.69, 9.17) is 10.00 Å². The molecule has 1 aliphatic rings. The highest BCUT2D eigenvalue weighted by atomic mass is 79.9. The average molecular weight is 380 g/mol. The molecule has 1 saturated heterocycles. The fraction of sp³-hybridized carbons (Fsp3) is 0.333. The minimum Gasteiger partial charge on any atom is -0.376 e. The number of nitro groups is 1. The molecule has 1 atom stereocenters. The summed E-state index contributed by atoms with van der Waals surface area (Å²) in [5, 5.41) is 22.7. The van der Waals surface area contributed by atoms with Crippen molar-refractivity contribution in [3.05, 3.63) is 43.9 Å². The van der Waals surface area contributed by atoms with Crippen LogP contribution in [0, 0.1) is 21.4 Å². The van der Waals surface area contributed by atoms with Crippen LogP contribution in [0.4, 0.5) is 5.69 Å². The Morgan fingerprint density at radius 3 is 3.00 bits per heavy atom. The maximum atomic E-state index is 12.0. The summed E-state index contributed by atoms with van der Waals surface area (Å²) in [6.07, 6.45) is 3.15. The zero-order valence-electron chi connectivity index (χ0n) is 12.1. The van der Waals surface area contributed by atoms with Crippen LogP contribution < -0.4 is 5.32 Å². The predicted octanol–water partition coefficient (Wildman–Crippen LogP) is 2.56. The van der Waals surface area contributed by atoms with Crippen molar-refractivity contribution in [1.82, 2.24) is 5.32 Å². The number of nitro benzene ring substituents is 1. The Morgan fingerprint density at radius 1 is 1.61 bits per heavy atom. The number of benzene rings is 1. The summed E-state index contributed by atoms with van der Waals surface area (Å²) in [6, 6.07) is 6.20. The zero-order valence-corrected chi connectivity index (χ0v) is 13.7. The molecule has 1 aliphatic heterocycles. The van der Waals surface area contributed by atoms with E-state index < -0.39 is 10.8 Å². The topological polar surface area (TPSA) is 105 Å². The van der Waals surface area contributed by atoms with E-state index >= 15 is 0 Å². The van der Waals surface area contributed by atoms with Crippen LogP contribution in [0.25, 0.3) is 6.08 Å². The molecular weight excluding hydrogens is 366 g/mol. The van der Waals surface area contributed by atoms with Gasteiger partial charge in [0.1, 0.15) is 11.6 Å². The molecule has 7 nitrogen and oxygen atoms in total. The first-order valence-corrected chi connectivity index (χ1v) is 7.76. The first kappa shape index (κ1) is 17.1. The van der Waals surface area contributed by atoms with E-state index in [1.807, 2.05) is 6.07 Å². The van der Waals surface area contributed by atoms with Gasteiger partial charge >= 0.3 is 0 Å². The molecule has 1 heterocycles. The van der Waals surface area contributed by atoms with Crippen molar-refractivity contribution in [1.29, 1.82) is 5.26 Å². The van der Waals surface area contributed by atoms with Gasteiger partial charge in [0.2, 0.25) is 0 Å². The second kappa shape index (κ2) is 7.85. The van der Waals surface area contributed by atoms with Crippen LogP contribution in [0.1, 0.15) is 18.4 Å². The smallest absolute Gasteiger partial charge is 0.284 e. The van der Waals surface area contributed by atoms with Crippen LogP contribution in [0.5, 0.6) is 0 Å². The van der Waals surface area contributed by atoms with Crippen molar-refractivity contribution < 1.29 is 14.5 Å². The minimum absolute atomic E-state index is 0.0207. The molecule has 1 fully saturated rings. The molecule has 1 aromatic carbocycles. The number of ether oxygens (including phenoxy) is 1. The maximum Gasteiger partial charge on any atom is 0.284 e. The third kappa shape index (κ3) is 4.61. The van der Waals surface area contributed by atoms with E-state index in [9.17, 15) is 14.9 Å². The van der Waals surface area contributed by atoms with Crippen LogP contribution >= 0.6 is 15.9 Å². The molecule has 120 valence electrons. The number of hydrogen-bond donors (Lipinski definition) is 1. The highest BCUT2D eigenvalue weighted by molar-refractivity contribution is 9.10. The van der Waals surface area contributed by atoms with Crippen molar-refractivity contribution in [2.24, 2.45) is 0 Å². The number of carbonyl (C=O) groups is 1. The van der Waals surface area contributed by atoms with Crippen molar-refractivity contribution in [2.75, 3.05) is 13.2 Å². The van der Waals surface area contributed by atoms with Gasteiger partial charge in [0.05, 0.1) is 15.5 Å². The summed E-state index contributed by atoms with van der Waals surface area (Å²) in [7, 11) is 0. The van der Waals surface area contributed by atoms with Crippen molar-refractivity contribution in [2.45, 2.75) is 18.9 Å². The SMILES string of the molecule is N#C/C(=C\c1ccc(Br)c([N+](=O)[O-])c1)C(=O)NC[C@@H]1CCCO1. The summed E-state index contributed by atoms with van der Waals surface area (Å²) in [6.45, 7) is 1.03. The van der Waals surface area contributed by atoms with Crippen LogP contribution in [0.2, 0.25) is 0 Å². The standard InChI is InChI=1S/C15H14BrN3O4/c16-13-4-3-10(7-14(13)19(21)22)6-11(8-17)15(20)18-9-12-2-1-5-23-12/h3-4,6-7,12H,1-2,5,9H2,(H,18,20)/b11-6+/t12-/m0/s1. The van der Waals surface area contributed by atoms with E-state index in [0.29, 0.717) is 23.2 Å². The molecule has 0 aliphatic carbocycles. The summed E-state index contributed by atoms with van der Waals surface area (Å²) in [4.78, 5) is 22.4. The van der Waals surface area contributed by atoms with Gasteiger partial charge < -0.3 is 10.1 Å². The Hall–Kier alpha value is -2.24. The molecule has 1 N–H and O–H groups in total. The van der Waals surface area contributed by atoms with E-state index in [1.165, 1.54) is 18.2 Å². The molecule has 23 heavy (non-hydrogen) atoms. The lowest BCUT2D eigenvalue weighted by Gasteiger charge is -2.10. The fourth-order valence-electron chi connectivity index (χ4n) is 2.18.